The Labute approximate surface area is 150 Å². The van der Waals surface area contributed by atoms with Crippen LogP contribution in [-0.2, 0) is 0 Å². The van der Waals surface area contributed by atoms with E-state index in [4.69, 9.17) is 27.6 Å². The Morgan fingerprint density at radius 2 is 1.75 bits per heavy atom. The minimum absolute atomic E-state index is 0.472. The lowest BCUT2D eigenvalue weighted by Crippen LogP contribution is -1.81. The molecule has 2 aromatic carbocycles. The summed E-state index contributed by atoms with van der Waals surface area (Å²) < 4.78 is 5.81. The number of furan rings is 1. The van der Waals surface area contributed by atoms with Gasteiger partial charge in [0.25, 0.3) is 0 Å². The van der Waals surface area contributed by atoms with Gasteiger partial charge in [0.05, 0.1) is 21.7 Å². The first-order valence-corrected chi connectivity index (χ1v) is 8.06. The van der Waals surface area contributed by atoms with Crippen molar-refractivity contribution in [1.82, 2.24) is 0 Å². The summed E-state index contributed by atoms with van der Waals surface area (Å²) in [7, 11) is 0. The van der Waals surface area contributed by atoms with E-state index in [0.29, 0.717) is 27.1 Å². The van der Waals surface area contributed by atoms with E-state index in [2.05, 4.69) is 6.07 Å². The van der Waals surface area contributed by atoms with Gasteiger partial charge < -0.3 is 4.42 Å². The Kier molecular flexibility index (Phi) is 4.76. The van der Waals surface area contributed by atoms with Crippen molar-refractivity contribution >= 4 is 34.9 Å². The van der Waals surface area contributed by atoms with Crippen LogP contribution in [0, 0.1) is 18.3 Å². The average molecular weight is 354 g/mol. The van der Waals surface area contributed by atoms with Crippen LogP contribution in [0.2, 0.25) is 10.0 Å². The highest BCUT2D eigenvalue weighted by Gasteiger charge is 2.08. The van der Waals surface area contributed by atoms with Gasteiger partial charge in [-0.15, -0.1) is 0 Å². The molecule has 0 spiro atoms. The maximum atomic E-state index is 9.41. The molecular formula is C20H13Cl2NO. The topological polar surface area (TPSA) is 36.9 Å². The SMILES string of the molecule is Cc1ccc(/C(C#N)=C/c2ccc(-c3ccc(Cl)c(Cl)c3)o2)cc1. The van der Waals surface area contributed by atoms with Crippen LogP contribution in [0.15, 0.2) is 59.0 Å². The Bertz CT molecular complexity index is 947. The molecule has 3 rings (SSSR count). The lowest BCUT2D eigenvalue weighted by Gasteiger charge is -2.00. The second kappa shape index (κ2) is 6.97. The molecule has 0 aliphatic rings. The van der Waals surface area contributed by atoms with Gasteiger partial charge in [0.2, 0.25) is 0 Å². The van der Waals surface area contributed by atoms with Crippen LogP contribution in [0.4, 0.5) is 0 Å². The summed E-state index contributed by atoms with van der Waals surface area (Å²) in [6, 6.07) is 19.0. The molecule has 0 saturated carbocycles. The molecule has 0 aliphatic heterocycles. The smallest absolute Gasteiger partial charge is 0.134 e. The third kappa shape index (κ3) is 3.54. The number of nitriles is 1. The molecular weight excluding hydrogens is 341 g/mol. The number of nitrogens with zero attached hydrogens (tertiary/aromatic N) is 1. The quantitative estimate of drug-likeness (QED) is 0.495. The number of hydrogen-bond donors (Lipinski definition) is 0. The number of aryl methyl sites for hydroxylation is 1. The van der Waals surface area contributed by atoms with E-state index < -0.39 is 0 Å². The number of benzene rings is 2. The summed E-state index contributed by atoms with van der Waals surface area (Å²) >= 11 is 12.0. The van der Waals surface area contributed by atoms with Gasteiger partial charge in [0.15, 0.2) is 0 Å². The molecule has 0 saturated heterocycles. The van der Waals surface area contributed by atoms with Crippen LogP contribution >= 0.6 is 23.2 Å². The molecule has 1 heterocycles. The van der Waals surface area contributed by atoms with Gasteiger partial charge in [-0.05, 0) is 48.9 Å². The van der Waals surface area contributed by atoms with Crippen molar-refractivity contribution in [2.24, 2.45) is 0 Å². The van der Waals surface area contributed by atoms with Gasteiger partial charge in [0, 0.05) is 5.56 Å². The Balaban J connectivity index is 1.93. The van der Waals surface area contributed by atoms with Crippen LogP contribution in [0.3, 0.4) is 0 Å². The summed E-state index contributed by atoms with van der Waals surface area (Å²) in [6.45, 7) is 2.01. The fourth-order valence-electron chi connectivity index (χ4n) is 2.29. The van der Waals surface area contributed by atoms with Crippen LogP contribution in [-0.4, -0.2) is 0 Å². The molecule has 0 bridgehead atoms. The molecule has 4 heteroatoms. The predicted molar refractivity (Wildman–Crippen MR) is 98.8 cm³/mol. The zero-order valence-electron chi connectivity index (χ0n) is 12.9. The third-order valence-corrected chi connectivity index (χ3v) is 4.34. The van der Waals surface area contributed by atoms with E-state index in [1.54, 1.807) is 18.2 Å². The highest BCUT2D eigenvalue weighted by molar-refractivity contribution is 6.42. The van der Waals surface area contributed by atoms with Crippen molar-refractivity contribution in [3.8, 4) is 17.4 Å². The predicted octanol–water partition coefficient (Wildman–Crippen LogP) is 6.63. The van der Waals surface area contributed by atoms with Gasteiger partial charge in [-0.3, -0.25) is 0 Å². The molecule has 118 valence electrons. The second-order valence-corrected chi connectivity index (χ2v) is 6.18. The molecule has 2 nitrogen and oxygen atoms in total. The Morgan fingerprint density at radius 3 is 2.42 bits per heavy atom. The molecule has 1 aromatic heterocycles. The third-order valence-electron chi connectivity index (χ3n) is 3.60. The van der Waals surface area contributed by atoms with E-state index in [1.807, 2.05) is 49.4 Å². The van der Waals surface area contributed by atoms with E-state index in [1.165, 1.54) is 0 Å². The average Bonchev–Trinajstić information content (AvgIpc) is 3.05. The van der Waals surface area contributed by atoms with Crippen LogP contribution in [0.5, 0.6) is 0 Å². The van der Waals surface area contributed by atoms with Crippen molar-refractivity contribution < 1.29 is 4.42 Å². The van der Waals surface area contributed by atoms with Gasteiger partial charge in [-0.2, -0.15) is 5.26 Å². The summed E-state index contributed by atoms with van der Waals surface area (Å²) in [5, 5.41) is 10.4. The van der Waals surface area contributed by atoms with Crippen molar-refractivity contribution in [1.29, 1.82) is 5.26 Å². The molecule has 0 aliphatic carbocycles. The molecule has 0 fully saturated rings. The van der Waals surface area contributed by atoms with Crippen molar-refractivity contribution in [3.05, 3.63) is 81.5 Å². The van der Waals surface area contributed by atoms with Gasteiger partial charge >= 0.3 is 0 Å². The first kappa shape index (κ1) is 16.4. The van der Waals surface area contributed by atoms with Gasteiger partial charge in [0.1, 0.15) is 11.5 Å². The van der Waals surface area contributed by atoms with Crippen molar-refractivity contribution in [2.75, 3.05) is 0 Å². The molecule has 0 radical (unpaired) electrons. The molecule has 3 aromatic rings. The zero-order chi connectivity index (χ0) is 17.1. The van der Waals surface area contributed by atoms with Crippen LogP contribution in [0.25, 0.3) is 23.0 Å². The van der Waals surface area contributed by atoms with Crippen LogP contribution in [0.1, 0.15) is 16.9 Å². The Morgan fingerprint density at radius 1 is 1.00 bits per heavy atom. The molecule has 24 heavy (non-hydrogen) atoms. The summed E-state index contributed by atoms with van der Waals surface area (Å²) in [4.78, 5) is 0. The standard InChI is InChI=1S/C20H13Cl2NO/c1-13-2-4-14(5-3-13)16(12-23)10-17-7-9-20(24-17)15-6-8-18(21)19(22)11-15/h2-11H,1H3/b16-10+. The minimum Gasteiger partial charge on any atom is -0.457 e. The number of hydrogen-bond acceptors (Lipinski definition) is 2. The molecule has 0 unspecified atom stereocenters. The second-order valence-electron chi connectivity index (χ2n) is 5.37. The van der Waals surface area contributed by atoms with E-state index in [9.17, 15) is 5.26 Å². The van der Waals surface area contributed by atoms with Gasteiger partial charge in [-0.1, -0.05) is 53.0 Å². The van der Waals surface area contributed by atoms with Crippen LogP contribution < -0.4 is 0 Å². The lowest BCUT2D eigenvalue weighted by atomic mass is 10.0. The Hall–Kier alpha value is -2.47. The van der Waals surface area contributed by atoms with E-state index >= 15 is 0 Å². The van der Waals surface area contributed by atoms with Gasteiger partial charge in [-0.25, -0.2) is 0 Å². The molecule has 0 N–H and O–H groups in total. The van der Waals surface area contributed by atoms with Crippen molar-refractivity contribution in [2.45, 2.75) is 6.92 Å². The number of allylic oxidation sites excluding steroid dienone is 1. The number of halogens is 2. The zero-order valence-corrected chi connectivity index (χ0v) is 14.4. The number of rotatable bonds is 3. The first-order valence-electron chi connectivity index (χ1n) is 7.31. The fourth-order valence-corrected chi connectivity index (χ4v) is 2.59. The first-order chi connectivity index (χ1) is 11.6. The largest absolute Gasteiger partial charge is 0.457 e. The fraction of sp³-hybridized carbons (Fsp3) is 0.0500. The maximum absolute atomic E-state index is 9.41. The minimum atomic E-state index is 0.472. The monoisotopic (exact) mass is 353 g/mol. The summed E-state index contributed by atoms with van der Waals surface area (Å²) in [5.74, 6) is 1.27. The highest BCUT2D eigenvalue weighted by Crippen LogP contribution is 2.30. The normalized spacial score (nSPS) is 11.3. The highest BCUT2D eigenvalue weighted by atomic mass is 35.5. The summed E-state index contributed by atoms with van der Waals surface area (Å²) in [6.07, 6.45) is 1.73. The maximum Gasteiger partial charge on any atom is 0.134 e. The molecule has 0 atom stereocenters. The van der Waals surface area contributed by atoms with E-state index in [-0.39, 0.29) is 0 Å². The molecule has 0 amide bonds. The van der Waals surface area contributed by atoms with Crippen molar-refractivity contribution in [3.63, 3.8) is 0 Å². The summed E-state index contributed by atoms with van der Waals surface area (Å²) in [5.41, 5.74) is 3.38. The lowest BCUT2D eigenvalue weighted by molar-refractivity contribution is 0.572. The van der Waals surface area contributed by atoms with E-state index in [0.717, 1.165) is 16.7 Å².